The molecular formula is C49H62N12O8S2. The number of benzene rings is 2. The van der Waals surface area contributed by atoms with Crippen LogP contribution in [0, 0.1) is 0 Å². The highest BCUT2D eigenvalue weighted by Crippen LogP contribution is 2.40. The summed E-state index contributed by atoms with van der Waals surface area (Å²) in [5, 5.41) is 13.7. The summed E-state index contributed by atoms with van der Waals surface area (Å²) in [4.78, 5) is 38.2. The number of ether oxygens (including phenoxy) is 2. The summed E-state index contributed by atoms with van der Waals surface area (Å²) >= 11 is 0. The van der Waals surface area contributed by atoms with Crippen LogP contribution in [-0.4, -0.2) is 111 Å². The van der Waals surface area contributed by atoms with E-state index in [0.717, 1.165) is 94.4 Å². The van der Waals surface area contributed by atoms with Crippen LogP contribution in [0.3, 0.4) is 0 Å². The van der Waals surface area contributed by atoms with E-state index in [0.29, 0.717) is 42.8 Å². The highest BCUT2D eigenvalue weighted by Gasteiger charge is 2.28. The van der Waals surface area contributed by atoms with Gasteiger partial charge in [0.15, 0.2) is 10.1 Å². The molecule has 71 heavy (non-hydrogen) atoms. The first kappa shape index (κ1) is 52.0. The van der Waals surface area contributed by atoms with Crippen LogP contribution in [0.15, 0.2) is 83.1 Å². The molecule has 8 rings (SSSR count). The van der Waals surface area contributed by atoms with Crippen molar-refractivity contribution in [2.75, 3.05) is 53.0 Å². The van der Waals surface area contributed by atoms with Gasteiger partial charge in [0.1, 0.15) is 0 Å². The lowest BCUT2D eigenvalue weighted by Gasteiger charge is -2.17. The molecule has 0 radical (unpaired) electrons. The summed E-state index contributed by atoms with van der Waals surface area (Å²) in [7, 11) is 2.28. The number of methoxy groups -OCH3 is 2. The number of hydrogen-bond acceptors (Lipinski definition) is 14. The SMILES string of the molecule is CCn1nc(S(=O)(=O)NC(=O)Nc2c(-c3ccnc(OC)c3)ccc3c2CCC3)cc1CN(C)C.COc1cc(-c2ccc3c(c2NC(=O)NS(=O)(=O)c2cc(CN(C)C)n(C(C)C)n2)CCC3)ccn1. The van der Waals surface area contributed by atoms with Crippen LogP contribution in [0.2, 0.25) is 0 Å². The Hall–Kier alpha value is -6.88. The van der Waals surface area contributed by atoms with Crippen molar-refractivity contribution >= 4 is 43.5 Å². The zero-order valence-corrected chi connectivity index (χ0v) is 43.2. The molecule has 4 heterocycles. The van der Waals surface area contributed by atoms with Gasteiger partial charge >= 0.3 is 12.1 Å². The van der Waals surface area contributed by atoms with E-state index in [-0.39, 0.29) is 16.1 Å². The Bertz CT molecular complexity index is 3150. The van der Waals surface area contributed by atoms with Crippen LogP contribution < -0.4 is 29.6 Å². The van der Waals surface area contributed by atoms with Crippen LogP contribution in [-0.2, 0) is 65.4 Å². The fourth-order valence-corrected chi connectivity index (χ4v) is 10.6. The molecule has 20 nitrogen and oxygen atoms in total. The van der Waals surface area contributed by atoms with Gasteiger partial charge in [0.25, 0.3) is 20.0 Å². The summed E-state index contributed by atoms with van der Waals surface area (Å²) < 4.78 is 70.2. The van der Waals surface area contributed by atoms with E-state index in [1.807, 2.05) is 89.1 Å². The Kier molecular flexibility index (Phi) is 16.1. The Morgan fingerprint density at radius 1 is 0.648 bits per heavy atom. The predicted molar refractivity (Wildman–Crippen MR) is 270 cm³/mol. The molecule has 0 aliphatic heterocycles. The monoisotopic (exact) mass is 1010 g/mol. The minimum Gasteiger partial charge on any atom is -0.481 e. The molecule has 2 aromatic carbocycles. The van der Waals surface area contributed by atoms with Crippen LogP contribution in [0.25, 0.3) is 22.3 Å². The molecule has 2 aliphatic carbocycles. The van der Waals surface area contributed by atoms with Gasteiger partial charge in [0.05, 0.1) is 37.0 Å². The minimum atomic E-state index is -4.20. The van der Waals surface area contributed by atoms with E-state index in [4.69, 9.17) is 9.47 Å². The highest BCUT2D eigenvalue weighted by atomic mass is 32.2. The molecule has 0 saturated carbocycles. The van der Waals surface area contributed by atoms with Gasteiger partial charge in [-0.15, -0.1) is 0 Å². The Morgan fingerprint density at radius 3 is 1.54 bits per heavy atom. The first-order valence-electron chi connectivity index (χ1n) is 23.2. The molecule has 0 unspecified atom stereocenters. The Labute approximate surface area is 415 Å². The summed E-state index contributed by atoms with van der Waals surface area (Å²) in [6.07, 6.45) is 8.60. The van der Waals surface area contributed by atoms with E-state index in [1.165, 1.54) is 26.4 Å². The molecule has 2 aliphatic rings. The topological polar surface area (TPSA) is 237 Å². The number of rotatable bonds is 16. The number of hydrogen-bond donors (Lipinski definition) is 4. The van der Waals surface area contributed by atoms with E-state index in [9.17, 15) is 26.4 Å². The third kappa shape index (κ3) is 12.2. The molecule has 22 heteroatoms. The number of pyridine rings is 2. The van der Waals surface area contributed by atoms with Gasteiger partial charge in [-0.3, -0.25) is 9.36 Å². The van der Waals surface area contributed by atoms with Crippen molar-refractivity contribution in [3.05, 3.63) is 107 Å². The van der Waals surface area contributed by atoms with Gasteiger partial charge < -0.3 is 29.9 Å². The maximum absolute atomic E-state index is 13.1. The fourth-order valence-electron chi connectivity index (χ4n) is 8.82. The van der Waals surface area contributed by atoms with Gasteiger partial charge in [-0.05, 0) is 133 Å². The van der Waals surface area contributed by atoms with E-state index >= 15 is 0 Å². The number of carbonyl (C=O) groups excluding carboxylic acids is 2. The number of nitrogens with one attached hydrogen (secondary N) is 4. The molecule has 4 amide bonds. The third-order valence-electron chi connectivity index (χ3n) is 11.9. The molecule has 4 N–H and O–H groups in total. The second kappa shape index (κ2) is 22.0. The molecule has 0 atom stereocenters. The van der Waals surface area contributed by atoms with Crippen molar-refractivity contribution in [3.8, 4) is 34.0 Å². The molecule has 0 spiro atoms. The maximum Gasteiger partial charge on any atom is 0.333 e. The van der Waals surface area contributed by atoms with Gasteiger partial charge in [-0.2, -0.15) is 27.0 Å². The number of amides is 4. The average Bonchev–Trinajstić information content (AvgIpc) is 4.16. The lowest BCUT2D eigenvalue weighted by Crippen LogP contribution is -2.35. The summed E-state index contributed by atoms with van der Waals surface area (Å²) in [5.74, 6) is 0.890. The Morgan fingerprint density at radius 2 is 1.10 bits per heavy atom. The fraction of sp³-hybridized carbons (Fsp3) is 0.388. The van der Waals surface area contributed by atoms with Gasteiger partial charge in [-0.25, -0.2) is 29.0 Å². The molecule has 378 valence electrons. The zero-order valence-electron chi connectivity index (χ0n) is 41.5. The van der Waals surface area contributed by atoms with Crippen molar-refractivity contribution in [3.63, 3.8) is 0 Å². The zero-order chi connectivity index (χ0) is 51.2. The summed E-state index contributed by atoms with van der Waals surface area (Å²) in [5.41, 5.74) is 10.1. The number of aryl methyl sites for hydroxylation is 3. The number of sulfonamides is 2. The number of aromatic nitrogens is 6. The molecule has 0 saturated heterocycles. The standard InChI is InChI=1S/C25H32N6O4S.C24H30N6O4S/c1-16(2)31-19(15-30(3)4)14-23(28-31)36(33,34)29-25(32)27-24-20-8-6-7-17(20)9-10-21(24)18-11-12-26-22(13-18)35-5;1-5-30-18(15-29(2)3)14-22(27-30)35(32,33)28-24(31)26-23-19-8-6-7-16(19)9-10-20(23)17-11-12-25-21(13-17)34-4/h9-14,16H,6-8,15H2,1-5H3,(H2,27,29,32);9-14H,5-8,15H2,1-4H3,(H2,26,28,31). The van der Waals surface area contributed by atoms with Crippen molar-refractivity contribution in [2.24, 2.45) is 0 Å². The van der Waals surface area contributed by atoms with Crippen molar-refractivity contribution < 1.29 is 35.9 Å². The minimum absolute atomic E-state index is 0.0375. The molecule has 6 aromatic rings. The first-order valence-corrected chi connectivity index (χ1v) is 26.2. The molecule has 0 bridgehead atoms. The quantitative estimate of drug-likeness (QED) is 0.0797. The van der Waals surface area contributed by atoms with Gasteiger partial charge in [-0.1, -0.05) is 24.3 Å². The first-order chi connectivity index (χ1) is 33.8. The van der Waals surface area contributed by atoms with E-state index < -0.39 is 32.1 Å². The lowest BCUT2D eigenvalue weighted by atomic mass is 9.98. The summed E-state index contributed by atoms with van der Waals surface area (Å²) in [6, 6.07) is 16.4. The van der Waals surface area contributed by atoms with Crippen molar-refractivity contribution in [1.29, 1.82) is 0 Å². The van der Waals surface area contributed by atoms with Crippen LogP contribution in [0.1, 0.15) is 73.3 Å². The van der Waals surface area contributed by atoms with E-state index in [2.05, 4.69) is 46.3 Å². The van der Waals surface area contributed by atoms with Gasteiger partial charge in [0, 0.05) is 73.5 Å². The van der Waals surface area contributed by atoms with Crippen molar-refractivity contribution in [2.45, 2.75) is 95.0 Å². The highest BCUT2D eigenvalue weighted by molar-refractivity contribution is 7.90. The Balaban J connectivity index is 0.000000209. The predicted octanol–water partition coefficient (Wildman–Crippen LogP) is 6.63. The third-order valence-corrected chi connectivity index (χ3v) is 14.3. The summed E-state index contributed by atoms with van der Waals surface area (Å²) in [6.45, 7) is 7.29. The normalized spacial score (nSPS) is 13.1. The number of urea groups is 2. The molecule has 0 fully saturated rings. The maximum atomic E-state index is 13.1. The lowest BCUT2D eigenvalue weighted by molar-refractivity contribution is 0.255. The number of nitrogens with zero attached hydrogens (tertiary/aromatic N) is 8. The second-order valence-electron chi connectivity index (χ2n) is 18.0. The number of fused-ring (bicyclic) bond motifs is 2. The van der Waals surface area contributed by atoms with Crippen LogP contribution in [0.5, 0.6) is 11.8 Å². The smallest absolute Gasteiger partial charge is 0.333 e. The average molecular weight is 1010 g/mol. The second-order valence-corrected chi connectivity index (χ2v) is 21.3. The van der Waals surface area contributed by atoms with Crippen LogP contribution >= 0.6 is 0 Å². The number of carbonyl (C=O) groups is 2. The largest absolute Gasteiger partial charge is 0.481 e. The van der Waals surface area contributed by atoms with Crippen molar-refractivity contribution in [1.82, 2.24) is 48.8 Å². The van der Waals surface area contributed by atoms with E-state index in [1.54, 1.807) is 33.9 Å². The van der Waals surface area contributed by atoms with Gasteiger partial charge in [0.2, 0.25) is 11.8 Å². The number of anilines is 2. The van der Waals surface area contributed by atoms with Crippen LogP contribution in [0.4, 0.5) is 21.0 Å². The molecular weight excluding hydrogens is 949 g/mol. The molecule has 4 aromatic heterocycles.